The first-order valence-corrected chi connectivity index (χ1v) is 13.1. The summed E-state index contributed by atoms with van der Waals surface area (Å²) < 4.78 is -0.623. The summed E-state index contributed by atoms with van der Waals surface area (Å²) in [6.07, 6.45) is 0. The standard InChI is InChI=1S/C31H24N2O3S/c34-27-26(20-33-29(35)24-18-10-11-19-25(24)30(33)36)28(32-27)37-31(21-12-4-1-5-13-21,22-14-6-2-7-15-22)23-16-8-3-9-17-23/h1-19,26,28H,20H2,(H,32,34)/t26-,28+/m0/s1. The second-order valence-corrected chi connectivity index (χ2v) is 10.6. The van der Waals surface area contributed by atoms with Crippen LogP contribution in [0.4, 0.5) is 0 Å². The number of carbonyl (C=O) groups excluding carboxylic acids is 3. The third kappa shape index (κ3) is 3.85. The number of nitrogens with zero attached hydrogens (tertiary/aromatic N) is 1. The molecule has 0 aromatic heterocycles. The topological polar surface area (TPSA) is 66.5 Å². The Morgan fingerprint density at radius 3 is 1.43 bits per heavy atom. The van der Waals surface area contributed by atoms with E-state index in [0.29, 0.717) is 11.1 Å². The number of nitrogens with one attached hydrogen (secondary N) is 1. The van der Waals surface area contributed by atoms with Gasteiger partial charge in [0.1, 0.15) is 0 Å². The summed E-state index contributed by atoms with van der Waals surface area (Å²) in [6, 6.07) is 37.5. The summed E-state index contributed by atoms with van der Waals surface area (Å²) in [6.45, 7) is 0.0459. The molecule has 182 valence electrons. The van der Waals surface area contributed by atoms with Crippen molar-refractivity contribution in [1.82, 2.24) is 10.2 Å². The van der Waals surface area contributed by atoms with Gasteiger partial charge in [-0.05, 0) is 28.8 Å². The van der Waals surface area contributed by atoms with Gasteiger partial charge in [0.05, 0.1) is 27.2 Å². The van der Waals surface area contributed by atoms with E-state index in [4.69, 9.17) is 0 Å². The Morgan fingerprint density at radius 1 is 0.622 bits per heavy atom. The molecule has 0 saturated carbocycles. The fourth-order valence-electron chi connectivity index (χ4n) is 5.19. The van der Waals surface area contributed by atoms with Crippen molar-refractivity contribution >= 4 is 29.5 Å². The Balaban J connectivity index is 1.39. The van der Waals surface area contributed by atoms with Crippen molar-refractivity contribution in [2.75, 3.05) is 6.54 Å². The van der Waals surface area contributed by atoms with E-state index < -0.39 is 10.7 Å². The molecule has 0 radical (unpaired) electrons. The highest BCUT2D eigenvalue weighted by Crippen LogP contribution is 2.52. The molecule has 1 N–H and O–H groups in total. The lowest BCUT2D eigenvalue weighted by atomic mass is 9.84. The summed E-state index contributed by atoms with van der Waals surface area (Å²) in [7, 11) is 0. The lowest BCUT2D eigenvalue weighted by Gasteiger charge is -2.45. The number of hydrogen-bond donors (Lipinski definition) is 1. The molecule has 0 spiro atoms. The molecule has 4 aromatic carbocycles. The highest BCUT2D eigenvalue weighted by Gasteiger charge is 2.50. The van der Waals surface area contributed by atoms with Crippen molar-refractivity contribution in [3.8, 4) is 0 Å². The lowest BCUT2D eigenvalue weighted by molar-refractivity contribution is -0.132. The second kappa shape index (κ2) is 9.37. The molecule has 1 saturated heterocycles. The molecule has 4 aromatic rings. The smallest absolute Gasteiger partial charge is 0.261 e. The molecule has 2 aliphatic heterocycles. The van der Waals surface area contributed by atoms with Gasteiger partial charge in [-0.1, -0.05) is 103 Å². The average Bonchev–Trinajstić information content (AvgIpc) is 3.20. The minimum atomic E-state index is -0.623. The van der Waals surface area contributed by atoms with Gasteiger partial charge in [0, 0.05) is 6.54 Å². The van der Waals surface area contributed by atoms with Crippen LogP contribution in [0.25, 0.3) is 0 Å². The predicted molar refractivity (Wildman–Crippen MR) is 144 cm³/mol. The van der Waals surface area contributed by atoms with Crippen LogP contribution >= 0.6 is 11.8 Å². The SMILES string of the molecule is O=C1N[C@H](SC(c2ccccc2)(c2ccccc2)c2ccccc2)[C@H]1CN1C(=O)c2ccccc2C1=O. The van der Waals surface area contributed by atoms with Crippen molar-refractivity contribution < 1.29 is 14.4 Å². The van der Waals surface area contributed by atoms with Crippen LogP contribution in [-0.2, 0) is 9.54 Å². The maximum absolute atomic E-state index is 13.0. The van der Waals surface area contributed by atoms with E-state index in [2.05, 4.69) is 41.7 Å². The largest absolute Gasteiger partial charge is 0.343 e. The molecule has 2 heterocycles. The fourth-order valence-corrected chi connectivity index (χ4v) is 6.94. The van der Waals surface area contributed by atoms with Gasteiger partial charge < -0.3 is 5.32 Å². The highest BCUT2D eigenvalue weighted by molar-refractivity contribution is 8.01. The summed E-state index contributed by atoms with van der Waals surface area (Å²) in [4.78, 5) is 40.1. The summed E-state index contributed by atoms with van der Waals surface area (Å²) in [5.74, 6) is -1.37. The number of imide groups is 1. The van der Waals surface area contributed by atoms with Gasteiger partial charge in [-0.15, -0.1) is 11.8 Å². The van der Waals surface area contributed by atoms with Crippen molar-refractivity contribution in [2.45, 2.75) is 10.1 Å². The van der Waals surface area contributed by atoms with Crippen LogP contribution in [0.15, 0.2) is 115 Å². The summed E-state index contributed by atoms with van der Waals surface area (Å²) >= 11 is 1.64. The number of fused-ring (bicyclic) bond motifs is 1. The van der Waals surface area contributed by atoms with Crippen LogP contribution in [0, 0.1) is 5.92 Å². The van der Waals surface area contributed by atoms with Crippen molar-refractivity contribution in [3.05, 3.63) is 143 Å². The fraction of sp³-hybridized carbons (Fsp3) is 0.129. The molecular weight excluding hydrogens is 480 g/mol. The van der Waals surface area contributed by atoms with Crippen molar-refractivity contribution in [2.24, 2.45) is 5.92 Å². The molecule has 0 aliphatic carbocycles. The molecule has 2 atom stereocenters. The predicted octanol–water partition coefficient (Wildman–Crippen LogP) is 5.08. The van der Waals surface area contributed by atoms with Gasteiger partial charge in [0.2, 0.25) is 5.91 Å². The zero-order chi connectivity index (χ0) is 25.4. The molecule has 6 heteroatoms. The third-order valence-electron chi connectivity index (χ3n) is 7.09. The Labute approximate surface area is 219 Å². The van der Waals surface area contributed by atoms with Gasteiger partial charge in [0.25, 0.3) is 11.8 Å². The van der Waals surface area contributed by atoms with E-state index in [1.807, 2.05) is 54.6 Å². The van der Waals surface area contributed by atoms with Gasteiger partial charge in [-0.3, -0.25) is 19.3 Å². The Morgan fingerprint density at radius 2 is 1.03 bits per heavy atom. The van der Waals surface area contributed by atoms with E-state index >= 15 is 0 Å². The summed E-state index contributed by atoms with van der Waals surface area (Å²) in [5.41, 5.74) is 4.03. The van der Waals surface area contributed by atoms with Crippen LogP contribution in [-0.4, -0.2) is 34.5 Å². The second-order valence-electron chi connectivity index (χ2n) is 9.20. The molecule has 0 bridgehead atoms. The van der Waals surface area contributed by atoms with E-state index in [1.54, 1.807) is 36.0 Å². The molecular formula is C31H24N2O3S. The number of amides is 3. The molecule has 5 nitrogen and oxygen atoms in total. The summed E-state index contributed by atoms with van der Waals surface area (Å²) in [5, 5.41) is 2.75. The number of rotatable bonds is 7. The molecule has 6 rings (SSSR count). The number of β-lactam (4-membered cyclic amide) rings is 1. The van der Waals surface area contributed by atoms with Crippen LogP contribution in [0.1, 0.15) is 37.4 Å². The zero-order valence-electron chi connectivity index (χ0n) is 19.9. The van der Waals surface area contributed by atoms with Gasteiger partial charge in [-0.2, -0.15) is 0 Å². The maximum Gasteiger partial charge on any atom is 0.261 e. The molecule has 2 aliphatic rings. The van der Waals surface area contributed by atoms with Crippen LogP contribution in [0.2, 0.25) is 0 Å². The minimum Gasteiger partial charge on any atom is -0.343 e. The number of hydrogen-bond acceptors (Lipinski definition) is 4. The van der Waals surface area contributed by atoms with Gasteiger partial charge in [0.15, 0.2) is 0 Å². The first-order valence-electron chi connectivity index (χ1n) is 12.2. The normalized spacial score (nSPS) is 18.8. The average molecular weight is 505 g/mol. The zero-order valence-corrected chi connectivity index (χ0v) is 20.7. The van der Waals surface area contributed by atoms with Crippen LogP contribution < -0.4 is 5.32 Å². The number of carbonyl (C=O) groups is 3. The van der Waals surface area contributed by atoms with E-state index in [-0.39, 0.29) is 29.6 Å². The lowest BCUT2D eigenvalue weighted by Crippen LogP contribution is -2.61. The van der Waals surface area contributed by atoms with Gasteiger partial charge in [-0.25, -0.2) is 0 Å². The number of benzene rings is 4. The van der Waals surface area contributed by atoms with Gasteiger partial charge >= 0.3 is 0 Å². The Bertz CT molecular complexity index is 1340. The van der Waals surface area contributed by atoms with E-state index in [1.165, 1.54) is 4.90 Å². The first kappa shape index (κ1) is 23.3. The van der Waals surface area contributed by atoms with E-state index in [0.717, 1.165) is 16.7 Å². The quantitative estimate of drug-likeness (QED) is 0.217. The molecule has 0 unspecified atom stereocenters. The Hall–Kier alpha value is -4.16. The van der Waals surface area contributed by atoms with Crippen LogP contribution in [0.5, 0.6) is 0 Å². The van der Waals surface area contributed by atoms with E-state index in [9.17, 15) is 14.4 Å². The maximum atomic E-state index is 13.0. The number of thioether (sulfide) groups is 1. The molecule has 37 heavy (non-hydrogen) atoms. The van der Waals surface area contributed by atoms with Crippen LogP contribution in [0.3, 0.4) is 0 Å². The highest BCUT2D eigenvalue weighted by atomic mass is 32.2. The minimum absolute atomic E-state index is 0.0459. The monoisotopic (exact) mass is 504 g/mol. The van der Waals surface area contributed by atoms with Crippen molar-refractivity contribution in [3.63, 3.8) is 0 Å². The molecule has 1 fully saturated rings. The third-order valence-corrected chi connectivity index (χ3v) is 8.85. The molecule has 3 amide bonds. The van der Waals surface area contributed by atoms with Crippen molar-refractivity contribution in [1.29, 1.82) is 0 Å². The first-order chi connectivity index (χ1) is 18.1. The Kier molecular flexibility index (Phi) is 5.89.